The van der Waals surface area contributed by atoms with Gasteiger partial charge in [0, 0.05) is 10.7 Å². The van der Waals surface area contributed by atoms with Crippen LogP contribution in [0, 0.1) is 12.7 Å². The van der Waals surface area contributed by atoms with Crippen molar-refractivity contribution in [2.24, 2.45) is 0 Å². The van der Waals surface area contributed by atoms with E-state index in [4.69, 9.17) is 16.3 Å². The zero-order valence-electron chi connectivity index (χ0n) is 15.0. The molecule has 6 heteroatoms. The molecule has 1 amide bonds. The summed E-state index contributed by atoms with van der Waals surface area (Å²) in [5.41, 5.74) is 2.82. The molecule has 1 aliphatic rings. The highest BCUT2D eigenvalue weighted by Gasteiger charge is 2.38. The zero-order chi connectivity index (χ0) is 19.7. The van der Waals surface area contributed by atoms with Crippen molar-refractivity contribution < 1.29 is 18.7 Å². The quantitative estimate of drug-likeness (QED) is 0.570. The van der Waals surface area contributed by atoms with Gasteiger partial charge >= 0.3 is 5.97 Å². The molecule has 0 radical (unpaired) electrons. The molecular formula is C21H17ClFNO3. The van der Waals surface area contributed by atoms with Crippen LogP contribution in [0.25, 0.3) is 6.08 Å². The average molecular weight is 386 g/mol. The molecule has 0 spiro atoms. The van der Waals surface area contributed by atoms with Crippen LogP contribution >= 0.6 is 11.6 Å². The van der Waals surface area contributed by atoms with Crippen molar-refractivity contribution in [2.75, 3.05) is 12.0 Å². The number of amides is 1. The van der Waals surface area contributed by atoms with Crippen molar-refractivity contribution in [3.8, 4) is 0 Å². The molecule has 2 aromatic rings. The molecule has 27 heavy (non-hydrogen) atoms. The number of benzene rings is 2. The fourth-order valence-corrected chi connectivity index (χ4v) is 3.11. The third-order valence-corrected chi connectivity index (χ3v) is 4.79. The first-order valence-corrected chi connectivity index (χ1v) is 8.58. The van der Waals surface area contributed by atoms with Crippen molar-refractivity contribution in [1.29, 1.82) is 0 Å². The number of aryl methyl sites for hydroxylation is 1. The van der Waals surface area contributed by atoms with E-state index in [1.54, 1.807) is 31.2 Å². The van der Waals surface area contributed by atoms with Gasteiger partial charge in [0.1, 0.15) is 5.82 Å². The first-order valence-electron chi connectivity index (χ1n) is 8.21. The van der Waals surface area contributed by atoms with Crippen molar-refractivity contribution in [3.63, 3.8) is 0 Å². The Bertz CT molecular complexity index is 993. The Morgan fingerprint density at radius 3 is 2.41 bits per heavy atom. The highest BCUT2D eigenvalue weighted by molar-refractivity contribution is 6.32. The van der Waals surface area contributed by atoms with E-state index in [-0.39, 0.29) is 22.9 Å². The van der Waals surface area contributed by atoms with Crippen LogP contribution in [-0.2, 0) is 14.3 Å². The molecular weight excluding hydrogens is 369 g/mol. The lowest BCUT2D eigenvalue weighted by Gasteiger charge is -2.18. The molecule has 2 aromatic carbocycles. The molecule has 0 atom stereocenters. The first kappa shape index (κ1) is 18.9. The van der Waals surface area contributed by atoms with E-state index in [1.165, 1.54) is 36.3 Å². The van der Waals surface area contributed by atoms with Gasteiger partial charge in [-0.25, -0.2) is 9.18 Å². The lowest BCUT2D eigenvalue weighted by molar-refractivity contribution is -0.136. The SMILES string of the molecule is COC(=O)C1=C(C)N(c2ccc(C)c(Cl)c2)C(=O)/C1=C\c1ccc(F)cc1. The fourth-order valence-electron chi connectivity index (χ4n) is 2.94. The Labute approximate surface area is 161 Å². The lowest BCUT2D eigenvalue weighted by atomic mass is 10.0. The number of hydrogen-bond acceptors (Lipinski definition) is 3. The van der Waals surface area contributed by atoms with Gasteiger partial charge in [0.2, 0.25) is 0 Å². The third kappa shape index (κ3) is 3.51. The van der Waals surface area contributed by atoms with Crippen LogP contribution in [0.4, 0.5) is 10.1 Å². The molecule has 0 aromatic heterocycles. The minimum Gasteiger partial charge on any atom is -0.465 e. The number of nitrogens with zero attached hydrogens (tertiary/aromatic N) is 1. The fraction of sp³-hybridized carbons (Fsp3) is 0.143. The van der Waals surface area contributed by atoms with Crippen LogP contribution < -0.4 is 4.90 Å². The highest BCUT2D eigenvalue weighted by atomic mass is 35.5. The van der Waals surface area contributed by atoms with Crippen LogP contribution in [0.15, 0.2) is 59.3 Å². The van der Waals surface area contributed by atoms with E-state index in [1.807, 2.05) is 6.92 Å². The second kappa shape index (κ2) is 7.37. The molecule has 0 unspecified atom stereocenters. The molecule has 3 rings (SSSR count). The van der Waals surface area contributed by atoms with Crippen LogP contribution in [0.1, 0.15) is 18.1 Å². The summed E-state index contributed by atoms with van der Waals surface area (Å²) >= 11 is 6.20. The number of anilines is 1. The average Bonchev–Trinajstić information content (AvgIpc) is 2.89. The summed E-state index contributed by atoms with van der Waals surface area (Å²) in [7, 11) is 1.26. The topological polar surface area (TPSA) is 46.6 Å². The summed E-state index contributed by atoms with van der Waals surface area (Å²) < 4.78 is 18.0. The minimum absolute atomic E-state index is 0.170. The van der Waals surface area contributed by atoms with E-state index in [0.717, 1.165) is 5.56 Å². The summed E-state index contributed by atoms with van der Waals surface area (Å²) in [6, 6.07) is 10.9. The van der Waals surface area contributed by atoms with E-state index >= 15 is 0 Å². The molecule has 1 aliphatic heterocycles. The maximum atomic E-state index is 13.2. The van der Waals surface area contributed by atoms with Gasteiger partial charge in [-0.05, 0) is 55.3 Å². The Morgan fingerprint density at radius 1 is 1.15 bits per heavy atom. The second-order valence-corrected chi connectivity index (χ2v) is 6.54. The molecule has 1 heterocycles. The minimum atomic E-state index is -0.616. The Balaban J connectivity index is 2.14. The van der Waals surface area contributed by atoms with Crippen LogP contribution in [0.2, 0.25) is 5.02 Å². The van der Waals surface area contributed by atoms with Crippen molar-refractivity contribution >= 4 is 35.2 Å². The molecule has 0 aliphatic carbocycles. The van der Waals surface area contributed by atoms with Gasteiger partial charge in [0.15, 0.2) is 0 Å². The van der Waals surface area contributed by atoms with Crippen molar-refractivity contribution in [2.45, 2.75) is 13.8 Å². The van der Waals surface area contributed by atoms with Gasteiger partial charge in [-0.15, -0.1) is 0 Å². The molecule has 0 N–H and O–H groups in total. The Morgan fingerprint density at radius 2 is 1.81 bits per heavy atom. The van der Waals surface area contributed by atoms with E-state index in [2.05, 4.69) is 0 Å². The summed E-state index contributed by atoms with van der Waals surface area (Å²) in [5, 5.41) is 0.517. The number of rotatable bonds is 3. The predicted molar refractivity (Wildman–Crippen MR) is 103 cm³/mol. The Hall–Kier alpha value is -2.92. The van der Waals surface area contributed by atoms with Gasteiger partial charge in [-0.1, -0.05) is 29.8 Å². The van der Waals surface area contributed by atoms with Gasteiger partial charge in [-0.2, -0.15) is 0 Å². The number of hydrogen-bond donors (Lipinski definition) is 0. The number of ether oxygens (including phenoxy) is 1. The molecule has 0 saturated heterocycles. The molecule has 4 nitrogen and oxygen atoms in total. The van der Waals surface area contributed by atoms with Crippen molar-refractivity contribution in [3.05, 3.63) is 81.3 Å². The second-order valence-electron chi connectivity index (χ2n) is 6.14. The standard InChI is InChI=1S/C21H17ClFNO3/c1-12-4-9-16(11-18(12)22)24-13(2)19(21(26)27-3)17(20(24)25)10-14-5-7-15(23)8-6-14/h4-11H,1-3H3/b17-10-. The Kier molecular flexibility index (Phi) is 5.15. The monoisotopic (exact) mass is 385 g/mol. The number of methoxy groups -OCH3 is 1. The van der Waals surface area contributed by atoms with Gasteiger partial charge in [-0.3, -0.25) is 9.69 Å². The molecule has 0 fully saturated rings. The normalized spacial score (nSPS) is 15.7. The number of carbonyl (C=O) groups is 2. The number of allylic oxidation sites excluding steroid dienone is 1. The molecule has 0 bridgehead atoms. The number of esters is 1. The van der Waals surface area contributed by atoms with E-state index in [9.17, 15) is 14.0 Å². The maximum absolute atomic E-state index is 13.2. The van der Waals surface area contributed by atoms with Gasteiger partial charge in [0.05, 0.1) is 23.9 Å². The van der Waals surface area contributed by atoms with Gasteiger partial charge in [0.25, 0.3) is 5.91 Å². The van der Waals surface area contributed by atoms with Crippen LogP contribution in [0.5, 0.6) is 0 Å². The maximum Gasteiger partial charge on any atom is 0.340 e. The highest BCUT2D eigenvalue weighted by Crippen LogP contribution is 2.36. The number of halogens is 2. The predicted octanol–water partition coefficient (Wildman–Crippen LogP) is 4.66. The van der Waals surface area contributed by atoms with Crippen LogP contribution in [0.3, 0.4) is 0 Å². The summed E-state index contributed by atoms with van der Waals surface area (Å²) in [5.74, 6) is -1.38. The summed E-state index contributed by atoms with van der Waals surface area (Å²) in [4.78, 5) is 26.9. The summed E-state index contributed by atoms with van der Waals surface area (Å²) in [6.07, 6.45) is 1.55. The van der Waals surface area contributed by atoms with E-state index < -0.39 is 5.97 Å². The smallest absolute Gasteiger partial charge is 0.340 e. The van der Waals surface area contributed by atoms with E-state index in [0.29, 0.717) is 22.0 Å². The molecule has 138 valence electrons. The third-order valence-electron chi connectivity index (χ3n) is 4.38. The lowest BCUT2D eigenvalue weighted by Crippen LogP contribution is -2.24. The zero-order valence-corrected chi connectivity index (χ0v) is 15.8. The van der Waals surface area contributed by atoms with Crippen molar-refractivity contribution in [1.82, 2.24) is 0 Å². The van der Waals surface area contributed by atoms with Gasteiger partial charge < -0.3 is 4.74 Å². The first-order chi connectivity index (χ1) is 12.8. The number of carbonyl (C=O) groups excluding carboxylic acids is 2. The largest absolute Gasteiger partial charge is 0.465 e. The molecule has 0 saturated carbocycles. The van der Waals surface area contributed by atoms with Crippen LogP contribution in [-0.4, -0.2) is 19.0 Å². The summed E-state index contributed by atoms with van der Waals surface area (Å²) in [6.45, 7) is 3.53.